The van der Waals surface area contributed by atoms with Gasteiger partial charge >= 0.3 is 5.97 Å². The topological polar surface area (TPSA) is 72.2 Å². The van der Waals surface area contributed by atoms with Crippen molar-refractivity contribution in [3.05, 3.63) is 57.9 Å². The van der Waals surface area contributed by atoms with Crippen molar-refractivity contribution in [2.45, 2.75) is 6.92 Å². The Balaban J connectivity index is 2.71. The largest absolute Gasteiger partial charge is 0.477 e. The Kier molecular flexibility index (Phi) is 2.93. The van der Waals surface area contributed by atoms with Crippen LogP contribution < -0.4 is 5.56 Å². The van der Waals surface area contributed by atoms with Gasteiger partial charge in [0.25, 0.3) is 5.56 Å². The predicted octanol–water partition coefficient (Wildman–Crippen LogP) is 1.38. The van der Waals surface area contributed by atoms with E-state index >= 15 is 0 Å². The number of halogens is 1. The maximum Gasteiger partial charge on any atom is 0.341 e. The van der Waals surface area contributed by atoms with Crippen LogP contribution in [0.2, 0.25) is 0 Å². The molecule has 0 fully saturated rings. The Morgan fingerprint density at radius 3 is 2.61 bits per heavy atom. The van der Waals surface area contributed by atoms with Gasteiger partial charge in [-0.2, -0.15) is 0 Å². The molecule has 0 saturated carbocycles. The van der Waals surface area contributed by atoms with Crippen LogP contribution in [0, 0.1) is 12.7 Å². The van der Waals surface area contributed by atoms with Crippen LogP contribution in [0.5, 0.6) is 0 Å². The van der Waals surface area contributed by atoms with E-state index in [2.05, 4.69) is 4.98 Å². The number of nitrogens with zero attached hydrogens (tertiary/aromatic N) is 2. The van der Waals surface area contributed by atoms with Gasteiger partial charge in [-0.05, 0) is 31.2 Å². The second kappa shape index (κ2) is 4.40. The second-order valence-corrected chi connectivity index (χ2v) is 3.67. The van der Waals surface area contributed by atoms with E-state index < -0.39 is 17.3 Å². The summed E-state index contributed by atoms with van der Waals surface area (Å²) < 4.78 is 13.9. The first-order valence-electron chi connectivity index (χ1n) is 5.08. The average Bonchev–Trinajstić information content (AvgIpc) is 2.31. The summed E-state index contributed by atoms with van der Waals surface area (Å²) in [4.78, 5) is 26.6. The number of carboxylic acid groups (broad SMARTS) is 1. The fourth-order valence-electron chi connectivity index (χ4n) is 1.58. The standard InChI is InChI=1S/C12H9FN2O3/c1-7-2-4-9(12(17)18)11(16)15(7)10-5-3-8(13)6-14-10/h2-6H,1H3,(H,17,18). The van der Waals surface area contributed by atoms with Gasteiger partial charge in [0.1, 0.15) is 17.2 Å². The van der Waals surface area contributed by atoms with Crippen LogP contribution in [0.15, 0.2) is 35.3 Å². The van der Waals surface area contributed by atoms with E-state index in [1.807, 2.05) is 0 Å². The van der Waals surface area contributed by atoms with Crippen molar-refractivity contribution in [2.24, 2.45) is 0 Å². The number of hydrogen-bond donors (Lipinski definition) is 1. The molecule has 0 saturated heterocycles. The molecule has 6 heteroatoms. The Hall–Kier alpha value is -2.50. The van der Waals surface area contributed by atoms with Crippen LogP contribution in [0.4, 0.5) is 4.39 Å². The minimum absolute atomic E-state index is 0.182. The number of rotatable bonds is 2. The smallest absolute Gasteiger partial charge is 0.341 e. The lowest BCUT2D eigenvalue weighted by Crippen LogP contribution is -2.27. The highest BCUT2D eigenvalue weighted by Gasteiger charge is 2.14. The monoisotopic (exact) mass is 248 g/mol. The zero-order chi connectivity index (χ0) is 13.3. The van der Waals surface area contributed by atoms with E-state index in [0.29, 0.717) is 5.69 Å². The minimum atomic E-state index is -1.31. The maximum absolute atomic E-state index is 12.8. The third-order valence-electron chi connectivity index (χ3n) is 2.45. The van der Waals surface area contributed by atoms with Crippen LogP contribution in [-0.4, -0.2) is 20.6 Å². The fraction of sp³-hybridized carbons (Fsp3) is 0.0833. The number of carboxylic acids is 1. The first-order chi connectivity index (χ1) is 8.50. The molecule has 0 aliphatic carbocycles. The van der Waals surface area contributed by atoms with E-state index in [9.17, 15) is 14.0 Å². The summed E-state index contributed by atoms with van der Waals surface area (Å²) in [6.07, 6.45) is 0.967. The van der Waals surface area contributed by atoms with Gasteiger partial charge in [0.05, 0.1) is 6.20 Å². The summed E-state index contributed by atoms with van der Waals surface area (Å²) in [7, 11) is 0. The van der Waals surface area contributed by atoms with Gasteiger partial charge in [-0.1, -0.05) is 0 Å². The zero-order valence-corrected chi connectivity index (χ0v) is 9.42. The number of aromatic carboxylic acids is 1. The summed E-state index contributed by atoms with van der Waals surface area (Å²) in [6.45, 7) is 1.64. The van der Waals surface area contributed by atoms with Gasteiger partial charge in [0, 0.05) is 5.69 Å². The zero-order valence-electron chi connectivity index (χ0n) is 9.42. The van der Waals surface area contributed by atoms with Crippen LogP contribution in [-0.2, 0) is 0 Å². The third kappa shape index (κ3) is 2.00. The van der Waals surface area contributed by atoms with Gasteiger partial charge in [-0.3, -0.25) is 9.36 Å². The van der Waals surface area contributed by atoms with Crippen molar-refractivity contribution in [3.8, 4) is 5.82 Å². The molecule has 2 aromatic heterocycles. The molecule has 2 aromatic rings. The van der Waals surface area contributed by atoms with Crippen LogP contribution in [0.3, 0.4) is 0 Å². The number of carbonyl (C=O) groups is 1. The Labute approximate surface area is 101 Å². The van der Waals surface area contributed by atoms with E-state index in [0.717, 1.165) is 16.8 Å². The minimum Gasteiger partial charge on any atom is -0.477 e. The summed E-state index contributed by atoms with van der Waals surface area (Å²) >= 11 is 0. The molecule has 0 radical (unpaired) electrons. The quantitative estimate of drug-likeness (QED) is 0.871. The number of pyridine rings is 2. The van der Waals surface area contributed by atoms with Crippen molar-refractivity contribution in [2.75, 3.05) is 0 Å². The summed E-state index contributed by atoms with van der Waals surface area (Å²) in [5, 5.41) is 8.88. The Morgan fingerprint density at radius 1 is 1.33 bits per heavy atom. The number of aryl methyl sites for hydroxylation is 1. The van der Waals surface area contributed by atoms with Gasteiger partial charge < -0.3 is 5.11 Å². The molecule has 0 aliphatic rings. The Bertz CT molecular complexity index is 662. The summed E-state index contributed by atoms with van der Waals surface area (Å²) in [6, 6.07) is 5.20. The maximum atomic E-state index is 12.8. The predicted molar refractivity (Wildman–Crippen MR) is 61.5 cm³/mol. The van der Waals surface area contributed by atoms with Crippen LogP contribution in [0.1, 0.15) is 16.1 Å². The molecule has 92 valence electrons. The van der Waals surface area contributed by atoms with E-state index in [4.69, 9.17) is 5.11 Å². The molecule has 5 nitrogen and oxygen atoms in total. The first kappa shape index (κ1) is 12.0. The molecule has 18 heavy (non-hydrogen) atoms. The first-order valence-corrected chi connectivity index (χ1v) is 5.08. The summed E-state index contributed by atoms with van der Waals surface area (Å²) in [5.74, 6) is -1.66. The molecule has 1 N–H and O–H groups in total. The highest BCUT2D eigenvalue weighted by Crippen LogP contribution is 2.07. The van der Waals surface area contributed by atoms with E-state index in [1.165, 1.54) is 18.2 Å². The third-order valence-corrected chi connectivity index (χ3v) is 2.45. The van der Waals surface area contributed by atoms with Crippen molar-refractivity contribution in [1.29, 1.82) is 0 Å². The molecular formula is C12H9FN2O3. The molecule has 0 unspecified atom stereocenters. The molecule has 0 aromatic carbocycles. The van der Waals surface area contributed by atoms with E-state index in [1.54, 1.807) is 6.92 Å². The van der Waals surface area contributed by atoms with Crippen molar-refractivity contribution >= 4 is 5.97 Å². The SMILES string of the molecule is Cc1ccc(C(=O)O)c(=O)n1-c1ccc(F)cn1. The molecule has 2 rings (SSSR count). The normalized spacial score (nSPS) is 10.3. The molecule has 0 atom stereocenters. The van der Waals surface area contributed by atoms with Crippen molar-refractivity contribution in [3.63, 3.8) is 0 Å². The molecule has 0 amide bonds. The second-order valence-electron chi connectivity index (χ2n) is 3.67. The lowest BCUT2D eigenvalue weighted by molar-refractivity contribution is 0.0694. The van der Waals surface area contributed by atoms with Crippen LogP contribution >= 0.6 is 0 Å². The van der Waals surface area contributed by atoms with Gasteiger partial charge in [-0.25, -0.2) is 14.2 Å². The highest BCUT2D eigenvalue weighted by atomic mass is 19.1. The van der Waals surface area contributed by atoms with E-state index in [-0.39, 0.29) is 11.4 Å². The number of hydrogen-bond acceptors (Lipinski definition) is 3. The summed E-state index contributed by atoms with van der Waals surface area (Å²) in [5.41, 5.74) is -0.530. The highest BCUT2D eigenvalue weighted by molar-refractivity contribution is 5.87. The Morgan fingerprint density at radius 2 is 2.06 bits per heavy atom. The lowest BCUT2D eigenvalue weighted by atomic mass is 10.2. The van der Waals surface area contributed by atoms with Gasteiger partial charge in [-0.15, -0.1) is 0 Å². The molecule has 0 spiro atoms. The lowest BCUT2D eigenvalue weighted by Gasteiger charge is -2.09. The van der Waals surface area contributed by atoms with Gasteiger partial charge in [0.15, 0.2) is 0 Å². The van der Waals surface area contributed by atoms with Crippen LogP contribution in [0.25, 0.3) is 5.82 Å². The molecular weight excluding hydrogens is 239 g/mol. The molecule has 2 heterocycles. The molecule has 0 aliphatic heterocycles. The fourth-order valence-corrected chi connectivity index (χ4v) is 1.58. The van der Waals surface area contributed by atoms with Crippen molar-refractivity contribution in [1.82, 2.24) is 9.55 Å². The van der Waals surface area contributed by atoms with Gasteiger partial charge in [0.2, 0.25) is 0 Å². The van der Waals surface area contributed by atoms with Crippen molar-refractivity contribution < 1.29 is 14.3 Å². The number of aromatic nitrogens is 2. The average molecular weight is 248 g/mol. The molecule has 0 bridgehead atoms.